The second kappa shape index (κ2) is 7.69. The molecule has 0 unspecified atom stereocenters. The summed E-state index contributed by atoms with van der Waals surface area (Å²) in [6, 6.07) is 9.85. The van der Waals surface area contributed by atoms with Gasteiger partial charge in [0.2, 0.25) is 11.8 Å². The Balaban J connectivity index is 1.81. The molecule has 0 fully saturated rings. The first-order valence-corrected chi connectivity index (χ1v) is 7.08. The van der Waals surface area contributed by atoms with Gasteiger partial charge < -0.3 is 10.6 Å². The Morgan fingerprint density at radius 1 is 0.957 bits per heavy atom. The summed E-state index contributed by atoms with van der Waals surface area (Å²) in [4.78, 5) is 23.3. The van der Waals surface area contributed by atoms with E-state index >= 15 is 0 Å². The fourth-order valence-corrected chi connectivity index (χ4v) is 1.92. The summed E-state index contributed by atoms with van der Waals surface area (Å²) >= 11 is 5.75. The van der Waals surface area contributed by atoms with Gasteiger partial charge in [0, 0.05) is 23.3 Å². The summed E-state index contributed by atoms with van der Waals surface area (Å²) < 4.78 is 25.8. The molecule has 4 nitrogen and oxygen atoms in total. The van der Waals surface area contributed by atoms with E-state index in [1.807, 2.05) is 0 Å². The van der Waals surface area contributed by atoms with Gasteiger partial charge in [0.1, 0.15) is 6.42 Å². The molecule has 0 atom stereocenters. The Bertz CT molecular complexity index is 721. The maximum atomic E-state index is 13.0. The van der Waals surface area contributed by atoms with E-state index in [-0.39, 0.29) is 12.2 Å². The fourth-order valence-electron chi connectivity index (χ4n) is 1.79. The minimum atomic E-state index is -1.07. The van der Waals surface area contributed by atoms with Crippen LogP contribution in [-0.2, 0) is 16.1 Å². The number of anilines is 1. The molecule has 2 aromatic rings. The number of benzene rings is 2. The van der Waals surface area contributed by atoms with Crippen molar-refractivity contribution >= 4 is 29.1 Å². The monoisotopic (exact) mass is 338 g/mol. The maximum absolute atomic E-state index is 13.0. The van der Waals surface area contributed by atoms with Crippen molar-refractivity contribution in [3.05, 3.63) is 64.7 Å². The summed E-state index contributed by atoms with van der Waals surface area (Å²) in [5, 5.41) is 5.49. The van der Waals surface area contributed by atoms with E-state index in [1.165, 1.54) is 6.07 Å². The summed E-state index contributed by atoms with van der Waals surface area (Å²) in [6.45, 7) is 0.258. The molecular weight excluding hydrogens is 326 g/mol. The van der Waals surface area contributed by atoms with Crippen molar-refractivity contribution < 1.29 is 18.4 Å². The summed E-state index contributed by atoms with van der Waals surface area (Å²) in [7, 11) is 0. The zero-order chi connectivity index (χ0) is 16.8. The molecule has 0 aliphatic rings. The zero-order valence-corrected chi connectivity index (χ0v) is 12.7. The van der Waals surface area contributed by atoms with Gasteiger partial charge in [0.25, 0.3) is 0 Å². The van der Waals surface area contributed by atoms with E-state index in [9.17, 15) is 18.4 Å². The smallest absolute Gasteiger partial charge is 0.233 e. The van der Waals surface area contributed by atoms with Crippen LogP contribution in [0.3, 0.4) is 0 Å². The number of halogens is 3. The highest BCUT2D eigenvalue weighted by atomic mass is 35.5. The Morgan fingerprint density at radius 3 is 2.30 bits per heavy atom. The number of hydrogen-bond donors (Lipinski definition) is 2. The Morgan fingerprint density at radius 2 is 1.65 bits per heavy atom. The van der Waals surface area contributed by atoms with Crippen molar-refractivity contribution in [1.82, 2.24) is 5.32 Å². The number of carbonyl (C=O) groups excluding carboxylic acids is 2. The molecular formula is C16H13ClF2N2O2. The number of rotatable bonds is 5. The zero-order valence-electron chi connectivity index (χ0n) is 11.9. The van der Waals surface area contributed by atoms with Gasteiger partial charge in [-0.25, -0.2) is 8.78 Å². The lowest BCUT2D eigenvalue weighted by Crippen LogP contribution is -2.27. The lowest BCUT2D eigenvalue weighted by molar-refractivity contribution is -0.126. The minimum absolute atomic E-state index is 0.0828. The second-order valence-electron chi connectivity index (χ2n) is 4.76. The SMILES string of the molecule is O=C(CC(=O)Nc1ccc(F)c(F)c1)NCc1ccc(Cl)cc1. The van der Waals surface area contributed by atoms with Crippen LogP contribution in [0.1, 0.15) is 12.0 Å². The molecule has 2 aromatic carbocycles. The molecule has 120 valence electrons. The summed E-state index contributed by atoms with van der Waals surface area (Å²) in [5.74, 6) is -3.19. The lowest BCUT2D eigenvalue weighted by Gasteiger charge is -2.07. The molecule has 0 heterocycles. The van der Waals surface area contributed by atoms with Crippen molar-refractivity contribution in [3.63, 3.8) is 0 Å². The van der Waals surface area contributed by atoms with Gasteiger partial charge in [-0.3, -0.25) is 9.59 Å². The maximum Gasteiger partial charge on any atom is 0.233 e. The predicted octanol–water partition coefficient (Wildman–Crippen LogP) is 3.26. The van der Waals surface area contributed by atoms with Gasteiger partial charge in [-0.1, -0.05) is 23.7 Å². The van der Waals surface area contributed by atoms with Gasteiger partial charge in [0.05, 0.1) is 0 Å². The van der Waals surface area contributed by atoms with Crippen LogP contribution in [0.2, 0.25) is 5.02 Å². The fraction of sp³-hybridized carbons (Fsp3) is 0.125. The van der Waals surface area contributed by atoms with E-state index in [0.29, 0.717) is 5.02 Å². The highest BCUT2D eigenvalue weighted by Crippen LogP contribution is 2.13. The first-order valence-electron chi connectivity index (χ1n) is 6.70. The topological polar surface area (TPSA) is 58.2 Å². The van der Waals surface area contributed by atoms with Gasteiger partial charge in [0.15, 0.2) is 11.6 Å². The number of amides is 2. The number of hydrogen-bond acceptors (Lipinski definition) is 2. The number of carbonyl (C=O) groups is 2. The normalized spacial score (nSPS) is 10.2. The van der Waals surface area contributed by atoms with E-state index in [0.717, 1.165) is 17.7 Å². The van der Waals surface area contributed by atoms with Crippen LogP contribution in [0.5, 0.6) is 0 Å². The average molecular weight is 339 g/mol. The molecule has 0 saturated carbocycles. The average Bonchev–Trinajstić information content (AvgIpc) is 2.50. The molecule has 0 spiro atoms. The van der Waals surface area contributed by atoms with Gasteiger partial charge in [-0.2, -0.15) is 0 Å². The molecule has 23 heavy (non-hydrogen) atoms. The van der Waals surface area contributed by atoms with Crippen molar-refractivity contribution in [2.24, 2.45) is 0 Å². The Kier molecular flexibility index (Phi) is 5.65. The Labute approximate surface area is 136 Å². The highest BCUT2D eigenvalue weighted by Gasteiger charge is 2.11. The van der Waals surface area contributed by atoms with Crippen LogP contribution >= 0.6 is 11.6 Å². The van der Waals surface area contributed by atoms with Gasteiger partial charge in [-0.05, 0) is 29.8 Å². The molecule has 0 aliphatic carbocycles. The van der Waals surface area contributed by atoms with Crippen LogP contribution < -0.4 is 10.6 Å². The molecule has 2 rings (SSSR count). The lowest BCUT2D eigenvalue weighted by atomic mass is 10.2. The molecule has 0 saturated heterocycles. The van der Waals surface area contributed by atoms with E-state index in [4.69, 9.17) is 11.6 Å². The van der Waals surface area contributed by atoms with Crippen LogP contribution in [0, 0.1) is 11.6 Å². The van der Waals surface area contributed by atoms with Crippen LogP contribution in [0.4, 0.5) is 14.5 Å². The molecule has 0 aliphatic heterocycles. The molecule has 0 radical (unpaired) electrons. The summed E-state index contributed by atoms with van der Waals surface area (Å²) in [6.07, 6.45) is -0.424. The molecule has 2 amide bonds. The molecule has 7 heteroatoms. The standard InChI is InChI=1S/C16H13ClF2N2O2/c17-11-3-1-10(2-4-11)9-20-15(22)8-16(23)21-12-5-6-13(18)14(19)7-12/h1-7H,8-9H2,(H,20,22)(H,21,23). The third-order valence-electron chi connectivity index (χ3n) is 2.93. The Hall–Kier alpha value is -2.47. The highest BCUT2D eigenvalue weighted by molar-refractivity contribution is 6.30. The van der Waals surface area contributed by atoms with Crippen molar-refractivity contribution in [2.45, 2.75) is 13.0 Å². The quantitative estimate of drug-likeness (QED) is 0.822. The van der Waals surface area contributed by atoms with E-state index in [2.05, 4.69) is 10.6 Å². The van der Waals surface area contributed by atoms with Crippen molar-refractivity contribution in [1.29, 1.82) is 0 Å². The third kappa shape index (κ3) is 5.34. The minimum Gasteiger partial charge on any atom is -0.352 e. The second-order valence-corrected chi connectivity index (χ2v) is 5.19. The van der Waals surface area contributed by atoms with Crippen LogP contribution in [0.25, 0.3) is 0 Å². The molecule has 0 bridgehead atoms. The first kappa shape index (κ1) is 16.9. The predicted molar refractivity (Wildman–Crippen MR) is 82.9 cm³/mol. The van der Waals surface area contributed by atoms with Crippen molar-refractivity contribution in [2.75, 3.05) is 5.32 Å². The van der Waals surface area contributed by atoms with Crippen molar-refractivity contribution in [3.8, 4) is 0 Å². The van der Waals surface area contributed by atoms with Gasteiger partial charge >= 0.3 is 0 Å². The van der Waals surface area contributed by atoms with Gasteiger partial charge in [-0.15, -0.1) is 0 Å². The largest absolute Gasteiger partial charge is 0.352 e. The first-order chi connectivity index (χ1) is 10.9. The molecule has 0 aromatic heterocycles. The third-order valence-corrected chi connectivity index (χ3v) is 3.18. The molecule has 2 N–H and O–H groups in total. The van der Waals surface area contributed by atoms with E-state index < -0.39 is 29.9 Å². The number of nitrogens with one attached hydrogen (secondary N) is 2. The van der Waals surface area contributed by atoms with E-state index in [1.54, 1.807) is 24.3 Å². The van der Waals surface area contributed by atoms with Crippen LogP contribution in [0.15, 0.2) is 42.5 Å². The van der Waals surface area contributed by atoms with Crippen LogP contribution in [-0.4, -0.2) is 11.8 Å². The summed E-state index contributed by atoms with van der Waals surface area (Å²) in [5.41, 5.74) is 0.920.